The third-order valence-electron chi connectivity index (χ3n) is 4.68. The Morgan fingerprint density at radius 3 is 2.71 bits per heavy atom. The minimum Gasteiger partial charge on any atom is -0.497 e. The third kappa shape index (κ3) is 3.05. The van der Waals surface area contributed by atoms with Crippen molar-refractivity contribution in [2.45, 2.75) is 26.8 Å². The number of fused-ring (bicyclic) bond motifs is 3. The second-order valence-corrected chi connectivity index (χ2v) is 6.91. The molecular weight excluding hydrogens is 354 g/mol. The van der Waals surface area contributed by atoms with Crippen LogP contribution in [0.1, 0.15) is 36.1 Å². The number of carbonyl (C=O) groups excluding carboxylic acids is 1. The number of aromatic nitrogens is 4. The molecule has 0 unspecified atom stereocenters. The summed E-state index contributed by atoms with van der Waals surface area (Å²) in [6.07, 6.45) is 0. The van der Waals surface area contributed by atoms with Crippen molar-refractivity contribution in [1.29, 1.82) is 0 Å². The fourth-order valence-electron chi connectivity index (χ4n) is 3.44. The molecule has 0 atom stereocenters. The number of methoxy groups -OCH3 is 1. The Morgan fingerprint density at radius 1 is 1.14 bits per heavy atom. The summed E-state index contributed by atoms with van der Waals surface area (Å²) < 4.78 is 7.33. The molecule has 0 aliphatic heterocycles. The zero-order chi connectivity index (χ0) is 19.8. The van der Waals surface area contributed by atoms with Crippen molar-refractivity contribution < 1.29 is 9.53 Å². The quantitative estimate of drug-likeness (QED) is 0.580. The highest BCUT2D eigenvalue weighted by molar-refractivity contribution is 6.09. The van der Waals surface area contributed by atoms with Crippen LogP contribution in [-0.2, 0) is 0 Å². The lowest BCUT2D eigenvalue weighted by Crippen LogP contribution is -2.12. The van der Waals surface area contributed by atoms with Crippen molar-refractivity contribution in [2.75, 3.05) is 12.4 Å². The van der Waals surface area contributed by atoms with Gasteiger partial charge in [0.1, 0.15) is 11.6 Å². The molecule has 0 spiro atoms. The molecule has 0 aliphatic rings. The summed E-state index contributed by atoms with van der Waals surface area (Å²) in [5.41, 5.74) is 3.43. The van der Waals surface area contributed by atoms with E-state index in [-0.39, 0.29) is 11.9 Å². The van der Waals surface area contributed by atoms with Crippen LogP contribution < -0.4 is 10.1 Å². The number of hydrogen-bond acceptors (Lipinski definition) is 5. The second-order valence-electron chi connectivity index (χ2n) is 6.91. The normalized spacial score (nSPS) is 11.3. The number of rotatable bonds is 4. The number of ether oxygens (including phenoxy) is 1. The van der Waals surface area contributed by atoms with Crippen LogP contribution in [0.15, 0.2) is 42.5 Å². The highest BCUT2D eigenvalue weighted by Crippen LogP contribution is 2.27. The maximum Gasteiger partial charge on any atom is 0.255 e. The van der Waals surface area contributed by atoms with Gasteiger partial charge in [0.05, 0.1) is 18.1 Å². The number of amides is 1. The first kappa shape index (κ1) is 17.9. The van der Waals surface area contributed by atoms with Gasteiger partial charge in [0.15, 0.2) is 0 Å². The number of benzene rings is 2. The van der Waals surface area contributed by atoms with Crippen LogP contribution >= 0.6 is 0 Å². The van der Waals surface area contributed by atoms with Crippen LogP contribution in [0.3, 0.4) is 0 Å². The molecular formula is C21H21N5O2. The predicted molar refractivity (Wildman–Crippen MR) is 109 cm³/mol. The van der Waals surface area contributed by atoms with Gasteiger partial charge in [0, 0.05) is 28.7 Å². The molecule has 2 heterocycles. The maximum absolute atomic E-state index is 12.8. The van der Waals surface area contributed by atoms with Gasteiger partial charge in [-0.05, 0) is 51.1 Å². The molecule has 7 heteroatoms. The molecule has 0 aliphatic carbocycles. The van der Waals surface area contributed by atoms with Gasteiger partial charge in [0.25, 0.3) is 5.91 Å². The van der Waals surface area contributed by atoms with Crippen molar-refractivity contribution in [2.24, 2.45) is 0 Å². The highest BCUT2D eigenvalue weighted by atomic mass is 16.5. The Labute approximate surface area is 162 Å². The molecule has 2 aromatic heterocycles. The number of aryl methyl sites for hydroxylation is 1. The Morgan fingerprint density at radius 2 is 1.96 bits per heavy atom. The first-order valence-corrected chi connectivity index (χ1v) is 9.08. The van der Waals surface area contributed by atoms with E-state index >= 15 is 0 Å². The summed E-state index contributed by atoms with van der Waals surface area (Å²) in [6.45, 7) is 6.15. The standard InChI is InChI=1S/C21H21N5O2/c1-12(2)26-13(3)22-20-19(26)17-10-14(8-9-18(17)24-25-20)21(27)23-15-6-5-7-16(11-15)28-4/h5-12H,1-4H3,(H,23,27). The molecule has 142 valence electrons. The molecule has 2 aromatic carbocycles. The Hall–Kier alpha value is -3.48. The van der Waals surface area contributed by atoms with E-state index in [1.807, 2.05) is 37.3 Å². The van der Waals surface area contributed by atoms with Crippen molar-refractivity contribution in [3.63, 3.8) is 0 Å². The van der Waals surface area contributed by atoms with Crippen LogP contribution in [0, 0.1) is 6.92 Å². The van der Waals surface area contributed by atoms with Gasteiger partial charge in [-0.1, -0.05) is 6.07 Å². The summed E-state index contributed by atoms with van der Waals surface area (Å²) in [7, 11) is 1.59. The average Bonchev–Trinajstić information content (AvgIpc) is 3.04. The molecule has 0 saturated carbocycles. The number of nitrogens with one attached hydrogen (secondary N) is 1. The SMILES string of the molecule is COc1cccc(NC(=O)c2ccc3nnc4nc(C)n(C(C)C)c4c3c2)c1. The molecule has 1 amide bonds. The van der Waals surface area contributed by atoms with Gasteiger partial charge in [-0.25, -0.2) is 4.98 Å². The van der Waals surface area contributed by atoms with Crippen molar-refractivity contribution in [3.8, 4) is 5.75 Å². The predicted octanol–water partition coefficient (Wildman–Crippen LogP) is 4.13. The van der Waals surface area contributed by atoms with Gasteiger partial charge in [0.2, 0.25) is 5.65 Å². The van der Waals surface area contributed by atoms with Gasteiger partial charge in [-0.15, -0.1) is 10.2 Å². The average molecular weight is 375 g/mol. The highest BCUT2D eigenvalue weighted by Gasteiger charge is 2.17. The van der Waals surface area contributed by atoms with E-state index in [4.69, 9.17) is 4.74 Å². The molecule has 0 saturated heterocycles. The van der Waals surface area contributed by atoms with Gasteiger partial charge >= 0.3 is 0 Å². The van der Waals surface area contributed by atoms with E-state index in [9.17, 15) is 4.79 Å². The maximum atomic E-state index is 12.8. The zero-order valence-electron chi connectivity index (χ0n) is 16.2. The minimum atomic E-state index is -0.201. The molecule has 4 aromatic rings. The largest absolute Gasteiger partial charge is 0.497 e. The lowest BCUT2D eigenvalue weighted by Gasteiger charge is -2.12. The van der Waals surface area contributed by atoms with E-state index in [1.165, 1.54) is 0 Å². The van der Waals surface area contributed by atoms with E-state index in [1.54, 1.807) is 19.2 Å². The van der Waals surface area contributed by atoms with Crippen LogP contribution in [0.5, 0.6) is 5.75 Å². The monoisotopic (exact) mass is 375 g/mol. The molecule has 0 fully saturated rings. The number of carbonyl (C=O) groups is 1. The van der Waals surface area contributed by atoms with E-state index in [0.29, 0.717) is 22.6 Å². The number of imidazole rings is 1. The Kier molecular flexibility index (Phi) is 4.43. The summed E-state index contributed by atoms with van der Waals surface area (Å²) in [5, 5.41) is 12.3. The summed E-state index contributed by atoms with van der Waals surface area (Å²) in [4.78, 5) is 17.3. The van der Waals surface area contributed by atoms with E-state index < -0.39 is 0 Å². The molecule has 7 nitrogen and oxygen atoms in total. The summed E-state index contributed by atoms with van der Waals surface area (Å²) in [6, 6.07) is 12.9. The molecule has 0 bridgehead atoms. The van der Waals surface area contributed by atoms with Crippen LogP contribution in [-0.4, -0.2) is 32.8 Å². The minimum absolute atomic E-state index is 0.201. The number of hydrogen-bond donors (Lipinski definition) is 1. The van der Waals surface area contributed by atoms with Crippen LogP contribution in [0.2, 0.25) is 0 Å². The van der Waals surface area contributed by atoms with Gasteiger partial charge in [-0.3, -0.25) is 4.79 Å². The van der Waals surface area contributed by atoms with Crippen LogP contribution in [0.25, 0.3) is 22.1 Å². The lowest BCUT2D eigenvalue weighted by atomic mass is 10.1. The fraction of sp³-hybridized carbons (Fsp3) is 0.238. The Bertz CT molecular complexity index is 1200. The lowest BCUT2D eigenvalue weighted by molar-refractivity contribution is 0.102. The van der Waals surface area contributed by atoms with E-state index in [0.717, 1.165) is 22.2 Å². The summed E-state index contributed by atoms with van der Waals surface area (Å²) >= 11 is 0. The van der Waals surface area contributed by atoms with Crippen molar-refractivity contribution in [1.82, 2.24) is 19.7 Å². The molecule has 1 N–H and O–H groups in total. The van der Waals surface area contributed by atoms with Gasteiger partial charge < -0.3 is 14.6 Å². The van der Waals surface area contributed by atoms with Gasteiger partial charge in [-0.2, -0.15) is 0 Å². The molecule has 0 radical (unpaired) electrons. The topological polar surface area (TPSA) is 81.9 Å². The van der Waals surface area contributed by atoms with E-state index in [2.05, 4.69) is 38.9 Å². The summed E-state index contributed by atoms with van der Waals surface area (Å²) in [5.74, 6) is 1.36. The first-order valence-electron chi connectivity index (χ1n) is 9.08. The molecule has 28 heavy (non-hydrogen) atoms. The third-order valence-corrected chi connectivity index (χ3v) is 4.68. The zero-order valence-corrected chi connectivity index (χ0v) is 16.2. The van der Waals surface area contributed by atoms with Crippen molar-refractivity contribution in [3.05, 3.63) is 53.9 Å². The van der Waals surface area contributed by atoms with Crippen molar-refractivity contribution >= 4 is 33.7 Å². The Balaban J connectivity index is 1.79. The number of nitrogens with zero attached hydrogens (tertiary/aromatic N) is 4. The van der Waals surface area contributed by atoms with Crippen LogP contribution in [0.4, 0.5) is 5.69 Å². The first-order chi connectivity index (χ1) is 13.5. The fourth-order valence-corrected chi connectivity index (χ4v) is 3.44. The molecule has 4 rings (SSSR count). The number of anilines is 1. The second kappa shape index (κ2) is 6.92. The smallest absolute Gasteiger partial charge is 0.255 e.